The summed E-state index contributed by atoms with van der Waals surface area (Å²) in [7, 11) is 0. The molecule has 0 unspecified atom stereocenters. The van der Waals surface area contributed by atoms with Crippen LogP contribution in [0.2, 0.25) is 0 Å². The first-order valence-electron chi connectivity index (χ1n) is 7.91. The van der Waals surface area contributed by atoms with Crippen molar-refractivity contribution >= 4 is 17.5 Å². The maximum absolute atomic E-state index is 12.6. The summed E-state index contributed by atoms with van der Waals surface area (Å²) in [6.45, 7) is 4.39. The molecule has 1 saturated heterocycles. The minimum Gasteiger partial charge on any atom is -0.367 e. The molecule has 22 heavy (non-hydrogen) atoms. The second-order valence-electron chi connectivity index (χ2n) is 6.74. The zero-order valence-electron chi connectivity index (χ0n) is 12.9. The lowest BCUT2D eigenvalue weighted by Crippen LogP contribution is -2.37. The number of carbonyl (C=O) groups excluding carboxylic acids is 2. The number of nitrogens with zero attached hydrogens (tertiary/aromatic N) is 1. The van der Waals surface area contributed by atoms with Gasteiger partial charge in [-0.05, 0) is 55.4 Å². The van der Waals surface area contributed by atoms with Crippen molar-refractivity contribution in [2.75, 3.05) is 12.0 Å². The van der Waals surface area contributed by atoms with E-state index in [9.17, 15) is 9.59 Å². The Kier molecular flexibility index (Phi) is 2.90. The van der Waals surface area contributed by atoms with Crippen molar-refractivity contribution in [3.05, 3.63) is 41.5 Å². The van der Waals surface area contributed by atoms with Gasteiger partial charge < -0.3 is 5.32 Å². The number of amides is 2. The molecule has 1 aromatic carbocycles. The average molecular weight is 296 g/mol. The Morgan fingerprint density at radius 2 is 1.68 bits per heavy atom. The van der Waals surface area contributed by atoms with E-state index in [4.69, 9.17) is 0 Å². The van der Waals surface area contributed by atoms with Gasteiger partial charge in [0.05, 0.1) is 18.5 Å². The van der Waals surface area contributed by atoms with Crippen molar-refractivity contribution in [2.24, 2.45) is 23.7 Å². The summed E-state index contributed by atoms with van der Waals surface area (Å²) in [6, 6.07) is 6.08. The highest BCUT2D eigenvalue weighted by atomic mass is 16.2. The van der Waals surface area contributed by atoms with Crippen LogP contribution < -0.4 is 5.32 Å². The molecule has 4 rings (SSSR count). The van der Waals surface area contributed by atoms with Crippen LogP contribution in [-0.2, 0) is 9.59 Å². The van der Waals surface area contributed by atoms with E-state index >= 15 is 0 Å². The molecule has 4 heteroatoms. The zero-order valence-corrected chi connectivity index (χ0v) is 12.9. The van der Waals surface area contributed by atoms with E-state index < -0.39 is 0 Å². The van der Waals surface area contributed by atoms with E-state index in [-0.39, 0.29) is 42.2 Å². The van der Waals surface area contributed by atoms with Gasteiger partial charge in [-0.1, -0.05) is 18.2 Å². The van der Waals surface area contributed by atoms with Crippen LogP contribution in [-0.4, -0.2) is 23.4 Å². The molecule has 0 aromatic heterocycles. The molecule has 3 aliphatic rings. The number of allylic oxidation sites excluding steroid dienone is 2. The molecule has 1 aliphatic heterocycles. The lowest BCUT2D eigenvalue weighted by Gasteiger charge is -2.18. The van der Waals surface area contributed by atoms with Gasteiger partial charge in [-0.3, -0.25) is 14.5 Å². The SMILES string of the molecule is Cc1ccc(NCN2C(=O)[C@@H]3[C@@H](C2=O)[C@H]2C=C[C@@H]3C2)cc1C. The van der Waals surface area contributed by atoms with Gasteiger partial charge >= 0.3 is 0 Å². The number of aryl methyl sites for hydroxylation is 2. The molecule has 1 aromatic rings. The van der Waals surface area contributed by atoms with E-state index in [1.165, 1.54) is 16.0 Å². The zero-order chi connectivity index (χ0) is 15.4. The summed E-state index contributed by atoms with van der Waals surface area (Å²) in [4.78, 5) is 26.5. The fraction of sp³-hybridized carbons (Fsp3) is 0.444. The van der Waals surface area contributed by atoms with Gasteiger partial charge in [-0.15, -0.1) is 0 Å². The molecule has 4 nitrogen and oxygen atoms in total. The Hall–Kier alpha value is -2.10. The summed E-state index contributed by atoms with van der Waals surface area (Å²) in [5.74, 6) is 0.343. The standard InChI is InChI=1S/C18H20N2O2/c1-10-3-6-14(7-11(10)2)19-9-20-17(21)15-12-4-5-13(8-12)16(15)18(20)22/h3-7,12-13,15-16,19H,8-9H2,1-2H3/t12-,13+,15-,16-/m0/s1. The van der Waals surface area contributed by atoms with Crippen LogP contribution in [0.4, 0.5) is 5.69 Å². The maximum Gasteiger partial charge on any atom is 0.235 e. The van der Waals surface area contributed by atoms with Crippen LogP contribution in [0.3, 0.4) is 0 Å². The number of hydrogen-bond donors (Lipinski definition) is 1. The van der Waals surface area contributed by atoms with Crippen LogP contribution in [0.5, 0.6) is 0 Å². The van der Waals surface area contributed by atoms with E-state index in [1.54, 1.807) is 0 Å². The van der Waals surface area contributed by atoms with Crippen molar-refractivity contribution in [1.82, 2.24) is 4.90 Å². The number of rotatable bonds is 3. The Bertz CT molecular complexity index is 664. The largest absolute Gasteiger partial charge is 0.367 e. The highest BCUT2D eigenvalue weighted by Crippen LogP contribution is 2.52. The number of likely N-dealkylation sites (tertiary alicyclic amines) is 1. The van der Waals surface area contributed by atoms with Crippen LogP contribution in [0, 0.1) is 37.5 Å². The van der Waals surface area contributed by atoms with E-state index in [0.717, 1.165) is 12.1 Å². The number of anilines is 1. The van der Waals surface area contributed by atoms with Gasteiger partial charge in [0, 0.05) is 5.69 Å². The minimum absolute atomic E-state index is 0.00295. The normalized spacial score (nSPS) is 32.0. The summed E-state index contributed by atoms with van der Waals surface area (Å²) in [5, 5.41) is 3.22. The van der Waals surface area contributed by atoms with Crippen LogP contribution in [0.25, 0.3) is 0 Å². The summed E-state index contributed by atoms with van der Waals surface area (Å²) in [5.41, 5.74) is 3.38. The molecular formula is C18H20N2O2. The molecule has 1 heterocycles. The van der Waals surface area contributed by atoms with Crippen molar-refractivity contribution in [3.63, 3.8) is 0 Å². The molecule has 1 N–H and O–H groups in total. The Morgan fingerprint density at radius 1 is 1.05 bits per heavy atom. The number of fused-ring (bicyclic) bond motifs is 5. The van der Waals surface area contributed by atoms with Crippen LogP contribution in [0.15, 0.2) is 30.4 Å². The van der Waals surface area contributed by atoms with Gasteiger partial charge in [0.25, 0.3) is 0 Å². The molecule has 4 atom stereocenters. The van der Waals surface area contributed by atoms with Crippen molar-refractivity contribution < 1.29 is 9.59 Å². The molecular weight excluding hydrogens is 276 g/mol. The minimum atomic E-state index is -0.107. The molecule has 2 fully saturated rings. The fourth-order valence-electron chi connectivity index (χ4n) is 4.14. The second-order valence-corrected chi connectivity index (χ2v) is 6.74. The third-order valence-electron chi connectivity index (χ3n) is 5.51. The van der Waals surface area contributed by atoms with Crippen molar-refractivity contribution in [3.8, 4) is 0 Å². The Morgan fingerprint density at radius 3 is 2.27 bits per heavy atom. The third-order valence-corrected chi connectivity index (χ3v) is 5.51. The lowest BCUT2D eigenvalue weighted by atomic mass is 9.85. The first kappa shape index (κ1) is 13.6. The van der Waals surface area contributed by atoms with E-state index in [2.05, 4.69) is 31.3 Å². The first-order valence-corrected chi connectivity index (χ1v) is 7.91. The first-order chi connectivity index (χ1) is 10.6. The molecule has 2 bridgehead atoms. The lowest BCUT2D eigenvalue weighted by molar-refractivity contribution is -0.140. The molecule has 1 saturated carbocycles. The monoisotopic (exact) mass is 296 g/mol. The van der Waals surface area contributed by atoms with Gasteiger partial charge in [0.1, 0.15) is 0 Å². The van der Waals surface area contributed by atoms with Crippen molar-refractivity contribution in [1.29, 1.82) is 0 Å². The predicted molar refractivity (Wildman–Crippen MR) is 84.0 cm³/mol. The summed E-state index contributed by atoms with van der Waals surface area (Å²) >= 11 is 0. The van der Waals surface area contributed by atoms with Crippen LogP contribution >= 0.6 is 0 Å². The molecule has 0 spiro atoms. The number of carbonyl (C=O) groups is 2. The second kappa shape index (κ2) is 4.70. The smallest absolute Gasteiger partial charge is 0.235 e. The average Bonchev–Trinajstić information content (AvgIpc) is 3.16. The number of imide groups is 1. The Balaban J connectivity index is 1.49. The van der Waals surface area contributed by atoms with Gasteiger partial charge in [0.2, 0.25) is 11.8 Å². The fourth-order valence-corrected chi connectivity index (χ4v) is 4.14. The number of hydrogen-bond acceptors (Lipinski definition) is 3. The van der Waals surface area contributed by atoms with E-state index in [1.807, 2.05) is 18.2 Å². The topological polar surface area (TPSA) is 49.4 Å². The molecule has 2 amide bonds. The highest BCUT2D eigenvalue weighted by molar-refractivity contribution is 6.06. The van der Waals surface area contributed by atoms with Gasteiger partial charge in [-0.2, -0.15) is 0 Å². The third kappa shape index (κ3) is 1.83. The van der Waals surface area contributed by atoms with Crippen molar-refractivity contribution in [2.45, 2.75) is 20.3 Å². The van der Waals surface area contributed by atoms with Crippen LogP contribution in [0.1, 0.15) is 17.5 Å². The predicted octanol–water partition coefficient (Wildman–Crippen LogP) is 2.48. The Labute approximate surface area is 130 Å². The van der Waals surface area contributed by atoms with Gasteiger partial charge in [0.15, 0.2) is 0 Å². The number of benzene rings is 1. The van der Waals surface area contributed by atoms with E-state index in [0.29, 0.717) is 0 Å². The molecule has 0 radical (unpaired) electrons. The molecule has 114 valence electrons. The maximum atomic E-state index is 12.6. The number of nitrogens with one attached hydrogen (secondary N) is 1. The molecule has 2 aliphatic carbocycles. The quantitative estimate of drug-likeness (QED) is 0.688. The summed E-state index contributed by atoms with van der Waals surface area (Å²) in [6.07, 6.45) is 5.22. The van der Waals surface area contributed by atoms with Gasteiger partial charge in [-0.25, -0.2) is 0 Å². The summed E-state index contributed by atoms with van der Waals surface area (Å²) < 4.78 is 0. The highest BCUT2D eigenvalue weighted by Gasteiger charge is 2.59.